The molecule has 1 heterocycles. The summed E-state index contributed by atoms with van der Waals surface area (Å²) in [5.74, 6) is 1.91. The van der Waals surface area contributed by atoms with Crippen LogP contribution in [0.3, 0.4) is 0 Å². The van der Waals surface area contributed by atoms with Gasteiger partial charge in [-0.15, -0.1) is 0 Å². The first-order valence-electron chi connectivity index (χ1n) is 7.47. The van der Waals surface area contributed by atoms with Gasteiger partial charge in [0.1, 0.15) is 0 Å². The Morgan fingerprint density at radius 2 is 1.61 bits per heavy atom. The van der Waals surface area contributed by atoms with Gasteiger partial charge in [-0.3, -0.25) is 9.59 Å². The van der Waals surface area contributed by atoms with Gasteiger partial charge in [-0.1, -0.05) is 34.6 Å². The minimum absolute atomic E-state index is 0.124. The molecule has 8 heteroatoms. The lowest BCUT2D eigenvalue weighted by molar-refractivity contribution is -0.132. The van der Waals surface area contributed by atoms with Crippen LogP contribution in [0, 0.1) is 22.7 Å². The molecule has 1 saturated carbocycles. The van der Waals surface area contributed by atoms with E-state index in [1.165, 1.54) is 0 Å². The lowest BCUT2D eigenvalue weighted by Gasteiger charge is -2.26. The van der Waals surface area contributed by atoms with Crippen molar-refractivity contribution in [2.75, 3.05) is 19.3 Å². The number of rotatable bonds is 1. The highest BCUT2D eigenvalue weighted by Crippen LogP contribution is 2.62. The Hall–Kier alpha value is -1.15. The standard InChI is InChI=1S/C13H23NO.CH5NO2S.CH2O2/c1-12(2,3)6-11(15)14-7-9-10(8-14)13(9,4)5;1-5(2,3)4;2-1-3/h9-10H,6-8H2,1-5H3;1H3,(H2,2,3,4);1H,(H,2,3). The van der Waals surface area contributed by atoms with Gasteiger partial charge in [-0.25, -0.2) is 13.6 Å². The van der Waals surface area contributed by atoms with Crippen LogP contribution in [-0.4, -0.2) is 50.1 Å². The topological polar surface area (TPSA) is 118 Å². The van der Waals surface area contributed by atoms with E-state index in [9.17, 15) is 13.2 Å². The molecule has 136 valence electrons. The maximum atomic E-state index is 12.0. The molecule has 2 fully saturated rings. The van der Waals surface area contributed by atoms with Crippen molar-refractivity contribution in [2.24, 2.45) is 27.8 Å². The molecule has 2 rings (SSSR count). The first-order valence-corrected chi connectivity index (χ1v) is 9.42. The van der Waals surface area contributed by atoms with Crippen LogP contribution in [0.2, 0.25) is 0 Å². The Balaban J connectivity index is 0.000000511. The predicted molar refractivity (Wildman–Crippen MR) is 89.1 cm³/mol. The number of piperidine rings is 1. The summed E-state index contributed by atoms with van der Waals surface area (Å²) in [6.45, 7) is 12.8. The highest BCUT2D eigenvalue weighted by Gasteiger charge is 2.62. The Morgan fingerprint density at radius 1 is 1.30 bits per heavy atom. The summed E-state index contributed by atoms with van der Waals surface area (Å²) in [4.78, 5) is 22.4. The number of carbonyl (C=O) groups is 2. The molecule has 0 aromatic carbocycles. The Bertz CT molecular complexity index is 500. The largest absolute Gasteiger partial charge is 0.483 e. The van der Waals surface area contributed by atoms with Gasteiger partial charge in [0.2, 0.25) is 15.9 Å². The van der Waals surface area contributed by atoms with Crippen LogP contribution in [0.4, 0.5) is 0 Å². The Morgan fingerprint density at radius 3 is 1.87 bits per heavy atom. The summed E-state index contributed by atoms with van der Waals surface area (Å²) in [7, 11) is -3.17. The molecule has 1 amide bonds. The Kier molecular flexibility index (Phi) is 7.23. The second kappa shape index (κ2) is 7.61. The average molecular weight is 350 g/mol. The number of sulfonamides is 1. The summed E-state index contributed by atoms with van der Waals surface area (Å²) in [6, 6.07) is 0. The van der Waals surface area contributed by atoms with Crippen molar-refractivity contribution in [1.29, 1.82) is 0 Å². The minimum Gasteiger partial charge on any atom is -0.483 e. The third-order valence-corrected chi connectivity index (χ3v) is 4.16. The SMILES string of the molecule is CC(C)(C)CC(=O)N1CC2C(C1)C2(C)C.CS(N)(=O)=O.O=CO. The molecule has 3 N–H and O–H groups in total. The van der Waals surface area contributed by atoms with Crippen LogP contribution >= 0.6 is 0 Å². The van der Waals surface area contributed by atoms with E-state index in [0.717, 1.165) is 31.2 Å². The minimum atomic E-state index is -3.17. The van der Waals surface area contributed by atoms with E-state index in [1.54, 1.807) is 0 Å². The molecule has 0 radical (unpaired) electrons. The molecule has 2 aliphatic rings. The lowest BCUT2D eigenvalue weighted by Crippen LogP contribution is -2.35. The fourth-order valence-electron chi connectivity index (χ4n) is 2.90. The van der Waals surface area contributed by atoms with Gasteiger partial charge in [0.15, 0.2) is 0 Å². The highest BCUT2D eigenvalue weighted by molar-refractivity contribution is 7.88. The molecule has 0 aromatic rings. The molecule has 7 nitrogen and oxygen atoms in total. The second-order valence-electron chi connectivity index (χ2n) is 8.01. The van der Waals surface area contributed by atoms with Crippen LogP contribution < -0.4 is 5.14 Å². The van der Waals surface area contributed by atoms with Crippen molar-refractivity contribution in [3.05, 3.63) is 0 Å². The normalized spacial score (nSPS) is 24.4. The van der Waals surface area contributed by atoms with Gasteiger partial charge in [-0.2, -0.15) is 0 Å². The fourth-order valence-corrected chi connectivity index (χ4v) is 2.90. The zero-order valence-corrected chi connectivity index (χ0v) is 15.7. The monoisotopic (exact) mass is 350 g/mol. The number of hydrogen-bond donors (Lipinski definition) is 2. The zero-order valence-electron chi connectivity index (χ0n) is 14.9. The van der Waals surface area contributed by atoms with Crippen LogP contribution in [0.25, 0.3) is 0 Å². The van der Waals surface area contributed by atoms with E-state index in [-0.39, 0.29) is 11.9 Å². The summed E-state index contributed by atoms with van der Waals surface area (Å²) in [5, 5.41) is 11.2. The first-order chi connectivity index (χ1) is 10.1. The summed E-state index contributed by atoms with van der Waals surface area (Å²) >= 11 is 0. The molecule has 1 aliphatic carbocycles. The predicted octanol–water partition coefficient (Wildman–Crippen LogP) is 1.14. The molecule has 1 aliphatic heterocycles. The molecule has 0 spiro atoms. The van der Waals surface area contributed by atoms with Crippen LogP contribution in [0.5, 0.6) is 0 Å². The zero-order chi connectivity index (χ0) is 18.6. The number of likely N-dealkylation sites (tertiary alicyclic amines) is 1. The van der Waals surface area contributed by atoms with Gasteiger partial charge in [0, 0.05) is 19.5 Å². The number of nitrogens with zero attached hydrogens (tertiary/aromatic N) is 1. The third kappa shape index (κ3) is 8.31. The van der Waals surface area contributed by atoms with Crippen LogP contribution in [0.15, 0.2) is 0 Å². The van der Waals surface area contributed by atoms with E-state index >= 15 is 0 Å². The number of fused-ring (bicyclic) bond motifs is 1. The number of amides is 1. The van der Waals surface area contributed by atoms with E-state index in [0.29, 0.717) is 17.7 Å². The smallest absolute Gasteiger partial charge is 0.290 e. The van der Waals surface area contributed by atoms with Gasteiger partial charge >= 0.3 is 0 Å². The van der Waals surface area contributed by atoms with Gasteiger partial charge in [0.05, 0.1) is 6.26 Å². The maximum Gasteiger partial charge on any atom is 0.290 e. The average Bonchev–Trinajstić information content (AvgIpc) is 2.69. The van der Waals surface area contributed by atoms with Crippen LogP contribution in [-0.2, 0) is 19.6 Å². The van der Waals surface area contributed by atoms with Gasteiger partial charge in [-0.05, 0) is 22.7 Å². The molecule has 23 heavy (non-hydrogen) atoms. The summed E-state index contributed by atoms with van der Waals surface area (Å²) in [5.41, 5.74) is 0.637. The Labute approximate surface area is 139 Å². The maximum absolute atomic E-state index is 12.0. The number of nitrogens with two attached hydrogens (primary N) is 1. The molecular formula is C15H30N2O5S. The third-order valence-electron chi connectivity index (χ3n) is 4.16. The molecular weight excluding hydrogens is 320 g/mol. The van der Waals surface area contributed by atoms with Crippen molar-refractivity contribution in [3.63, 3.8) is 0 Å². The molecule has 0 bridgehead atoms. The number of hydrogen-bond acceptors (Lipinski definition) is 4. The number of carbonyl (C=O) groups excluding carboxylic acids is 1. The van der Waals surface area contributed by atoms with Gasteiger partial charge < -0.3 is 10.0 Å². The van der Waals surface area contributed by atoms with Crippen molar-refractivity contribution >= 4 is 22.4 Å². The summed E-state index contributed by atoms with van der Waals surface area (Å²) in [6.07, 6.45) is 1.62. The van der Waals surface area contributed by atoms with Crippen molar-refractivity contribution in [3.8, 4) is 0 Å². The molecule has 0 aromatic heterocycles. The van der Waals surface area contributed by atoms with E-state index in [1.807, 2.05) is 0 Å². The first kappa shape index (κ1) is 21.9. The second-order valence-corrected chi connectivity index (χ2v) is 9.66. The van der Waals surface area contributed by atoms with Crippen molar-refractivity contribution < 1.29 is 23.1 Å². The molecule has 1 saturated heterocycles. The van der Waals surface area contributed by atoms with E-state index in [4.69, 9.17) is 9.90 Å². The highest BCUT2D eigenvalue weighted by atomic mass is 32.2. The van der Waals surface area contributed by atoms with Crippen LogP contribution in [0.1, 0.15) is 41.0 Å². The molecule has 2 atom stereocenters. The quantitative estimate of drug-likeness (QED) is 0.688. The van der Waals surface area contributed by atoms with E-state index < -0.39 is 10.0 Å². The van der Waals surface area contributed by atoms with E-state index in [2.05, 4.69) is 44.7 Å². The fraction of sp³-hybridized carbons (Fsp3) is 0.867. The summed E-state index contributed by atoms with van der Waals surface area (Å²) < 4.78 is 18.8. The number of carboxylic acid groups (broad SMARTS) is 1. The lowest BCUT2D eigenvalue weighted by atomic mass is 9.91. The van der Waals surface area contributed by atoms with Gasteiger partial charge in [0.25, 0.3) is 6.47 Å². The van der Waals surface area contributed by atoms with Crippen molar-refractivity contribution in [1.82, 2.24) is 4.90 Å². The van der Waals surface area contributed by atoms with Crippen molar-refractivity contribution in [2.45, 2.75) is 41.0 Å². The molecule has 2 unspecified atom stereocenters. The number of primary sulfonamides is 1.